The van der Waals surface area contributed by atoms with Crippen LogP contribution in [0.1, 0.15) is 26.7 Å². The van der Waals surface area contributed by atoms with Crippen LogP contribution in [0.4, 0.5) is 0 Å². The van der Waals surface area contributed by atoms with Crippen molar-refractivity contribution in [2.75, 3.05) is 11.5 Å². The molecule has 1 aliphatic heterocycles. The van der Waals surface area contributed by atoms with Gasteiger partial charge in [0.2, 0.25) is 5.91 Å². The largest absolute Gasteiger partial charge is 0.420 e. The lowest BCUT2D eigenvalue weighted by Crippen LogP contribution is -2.48. The highest BCUT2D eigenvalue weighted by molar-refractivity contribution is 7.91. The average molecular weight is 401 g/mol. The number of oxazole rings is 1. The highest BCUT2D eigenvalue weighted by Crippen LogP contribution is 2.23. The van der Waals surface area contributed by atoms with Gasteiger partial charge in [-0.1, -0.05) is 18.5 Å². The molecule has 2 heterocycles. The molecule has 0 radical (unpaired) electrons. The van der Waals surface area contributed by atoms with Gasteiger partial charge in [-0.3, -0.25) is 9.36 Å². The maximum atomic E-state index is 13.0. The van der Waals surface area contributed by atoms with Crippen LogP contribution in [-0.2, 0) is 21.2 Å². The Kier molecular flexibility index (Phi) is 5.16. The number of carbonyl (C=O) groups excluding carboxylic acids is 1. The summed E-state index contributed by atoms with van der Waals surface area (Å²) in [4.78, 5) is 26.8. The van der Waals surface area contributed by atoms with Crippen LogP contribution >= 0.6 is 11.6 Å². The second-order valence-electron chi connectivity index (χ2n) is 6.68. The van der Waals surface area contributed by atoms with Crippen LogP contribution in [-0.4, -0.2) is 47.4 Å². The Balaban J connectivity index is 1.91. The van der Waals surface area contributed by atoms with Crippen molar-refractivity contribution in [2.45, 2.75) is 45.3 Å². The lowest BCUT2D eigenvalue weighted by molar-refractivity contribution is -0.136. The molecule has 0 spiro atoms. The minimum Gasteiger partial charge on any atom is -0.408 e. The molecule has 0 N–H and O–H groups in total. The van der Waals surface area contributed by atoms with Crippen LogP contribution < -0.4 is 5.76 Å². The van der Waals surface area contributed by atoms with Crippen molar-refractivity contribution < 1.29 is 17.6 Å². The first-order valence-corrected chi connectivity index (χ1v) is 10.7. The highest BCUT2D eigenvalue weighted by Gasteiger charge is 2.36. The van der Waals surface area contributed by atoms with Crippen molar-refractivity contribution >= 4 is 38.4 Å². The number of aromatic nitrogens is 1. The number of hydrogen-bond acceptors (Lipinski definition) is 5. The molecule has 0 aliphatic carbocycles. The molecule has 142 valence electrons. The van der Waals surface area contributed by atoms with E-state index in [0.29, 0.717) is 29.0 Å². The predicted molar refractivity (Wildman–Crippen MR) is 99.1 cm³/mol. The highest BCUT2D eigenvalue weighted by atomic mass is 35.5. The number of benzene rings is 1. The number of rotatable bonds is 5. The van der Waals surface area contributed by atoms with Gasteiger partial charge in [0.15, 0.2) is 15.4 Å². The number of fused-ring (bicyclic) bond motifs is 1. The molecule has 1 aromatic carbocycles. The van der Waals surface area contributed by atoms with E-state index < -0.39 is 15.6 Å². The van der Waals surface area contributed by atoms with Gasteiger partial charge in [-0.25, -0.2) is 13.2 Å². The monoisotopic (exact) mass is 400 g/mol. The van der Waals surface area contributed by atoms with Crippen LogP contribution in [0.5, 0.6) is 0 Å². The Hall–Kier alpha value is -1.80. The van der Waals surface area contributed by atoms with Crippen molar-refractivity contribution in [3.8, 4) is 0 Å². The summed E-state index contributed by atoms with van der Waals surface area (Å²) in [6, 6.07) is 4.30. The van der Waals surface area contributed by atoms with Crippen molar-refractivity contribution in [2.24, 2.45) is 0 Å². The molecule has 2 aromatic rings. The summed E-state index contributed by atoms with van der Waals surface area (Å²) >= 11 is 5.91. The van der Waals surface area contributed by atoms with Gasteiger partial charge in [-0.05, 0) is 31.9 Å². The fourth-order valence-electron chi connectivity index (χ4n) is 3.41. The van der Waals surface area contributed by atoms with Crippen molar-refractivity contribution in [1.82, 2.24) is 9.47 Å². The number of amides is 1. The number of halogens is 1. The zero-order valence-corrected chi connectivity index (χ0v) is 16.2. The van der Waals surface area contributed by atoms with Crippen LogP contribution in [0, 0.1) is 0 Å². The zero-order chi connectivity index (χ0) is 19.1. The van der Waals surface area contributed by atoms with Crippen LogP contribution in [0.25, 0.3) is 11.1 Å². The van der Waals surface area contributed by atoms with E-state index >= 15 is 0 Å². The molecule has 0 saturated carbocycles. The minimum atomic E-state index is -3.12. The topological polar surface area (TPSA) is 89.6 Å². The first kappa shape index (κ1) is 19.0. The summed E-state index contributed by atoms with van der Waals surface area (Å²) in [6.07, 6.45) is 1.12. The molecule has 3 rings (SSSR count). The summed E-state index contributed by atoms with van der Waals surface area (Å²) in [5.74, 6) is -0.870. The second-order valence-corrected chi connectivity index (χ2v) is 9.35. The van der Waals surface area contributed by atoms with Gasteiger partial charge in [-0.2, -0.15) is 0 Å². The van der Waals surface area contributed by atoms with E-state index in [4.69, 9.17) is 16.0 Å². The molecule has 7 nitrogen and oxygen atoms in total. The molecule has 0 bridgehead atoms. The Morgan fingerprint density at radius 2 is 2.19 bits per heavy atom. The second kappa shape index (κ2) is 7.08. The predicted octanol–water partition coefficient (Wildman–Crippen LogP) is 2.06. The van der Waals surface area contributed by atoms with Crippen molar-refractivity contribution in [3.63, 3.8) is 0 Å². The van der Waals surface area contributed by atoms with Gasteiger partial charge in [0, 0.05) is 23.2 Å². The van der Waals surface area contributed by atoms with Gasteiger partial charge in [0.1, 0.15) is 6.54 Å². The van der Waals surface area contributed by atoms with E-state index in [1.165, 1.54) is 10.6 Å². The standard InChI is InChI=1S/C17H21ClN2O5S/c1-3-11(2)20(13-6-7-26(23,24)10-13)16(21)9-19-14-5-4-12(18)8-15(14)25-17(19)22/h4-5,8,11,13H,3,6-7,9-10H2,1-2H3/t11-,13-/m0/s1. The SMILES string of the molecule is CC[C@H](C)N(C(=O)Cn1c(=O)oc2cc(Cl)ccc21)[C@H]1CCS(=O)(=O)C1. The van der Waals surface area contributed by atoms with E-state index in [-0.39, 0.29) is 36.0 Å². The summed E-state index contributed by atoms with van der Waals surface area (Å²) in [7, 11) is -3.12. The normalized spacial score (nSPS) is 20.3. The molecular formula is C17H21ClN2O5S. The van der Waals surface area contributed by atoms with Gasteiger partial charge >= 0.3 is 5.76 Å². The Morgan fingerprint density at radius 1 is 1.46 bits per heavy atom. The zero-order valence-electron chi connectivity index (χ0n) is 14.6. The quantitative estimate of drug-likeness (QED) is 0.766. The lowest BCUT2D eigenvalue weighted by atomic mass is 10.1. The third kappa shape index (κ3) is 3.66. The third-order valence-corrected chi connectivity index (χ3v) is 6.86. The van der Waals surface area contributed by atoms with Crippen LogP contribution in [0.2, 0.25) is 5.02 Å². The van der Waals surface area contributed by atoms with Gasteiger partial charge in [-0.15, -0.1) is 0 Å². The van der Waals surface area contributed by atoms with E-state index in [1.54, 1.807) is 17.0 Å². The molecule has 9 heteroatoms. The first-order chi connectivity index (χ1) is 12.2. The average Bonchev–Trinajstić information content (AvgIpc) is 3.06. The van der Waals surface area contributed by atoms with Gasteiger partial charge in [0.25, 0.3) is 0 Å². The molecule has 2 atom stereocenters. The van der Waals surface area contributed by atoms with Crippen LogP contribution in [0.15, 0.2) is 27.4 Å². The number of carbonyl (C=O) groups is 1. The first-order valence-electron chi connectivity index (χ1n) is 8.52. The van der Waals surface area contributed by atoms with Gasteiger partial charge < -0.3 is 9.32 Å². The fraction of sp³-hybridized carbons (Fsp3) is 0.529. The molecule has 26 heavy (non-hydrogen) atoms. The minimum absolute atomic E-state index is 0.0281. The summed E-state index contributed by atoms with van der Waals surface area (Å²) in [5.41, 5.74) is 0.796. The van der Waals surface area contributed by atoms with E-state index in [1.807, 2.05) is 13.8 Å². The lowest BCUT2D eigenvalue weighted by Gasteiger charge is -2.33. The molecular weight excluding hydrogens is 380 g/mol. The van der Waals surface area contributed by atoms with Crippen molar-refractivity contribution in [1.29, 1.82) is 0 Å². The smallest absolute Gasteiger partial charge is 0.408 e. The van der Waals surface area contributed by atoms with Crippen molar-refractivity contribution in [3.05, 3.63) is 33.8 Å². The fourth-order valence-corrected chi connectivity index (χ4v) is 5.28. The maximum absolute atomic E-state index is 13.0. The summed E-state index contributed by atoms with van der Waals surface area (Å²) in [6.45, 7) is 3.63. The van der Waals surface area contributed by atoms with Crippen LogP contribution in [0.3, 0.4) is 0 Å². The molecule has 1 amide bonds. The van der Waals surface area contributed by atoms with Gasteiger partial charge in [0.05, 0.1) is 17.0 Å². The van der Waals surface area contributed by atoms with E-state index in [9.17, 15) is 18.0 Å². The molecule has 0 unspecified atom stereocenters. The molecule has 1 aromatic heterocycles. The number of sulfone groups is 1. The Labute approximate surface area is 156 Å². The Bertz CT molecular complexity index is 994. The molecule has 1 saturated heterocycles. The summed E-state index contributed by atoms with van der Waals surface area (Å²) < 4.78 is 30.1. The molecule has 1 fully saturated rings. The maximum Gasteiger partial charge on any atom is 0.420 e. The van der Waals surface area contributed by atoms with E-state index in [0.717, 1.165) is 0 Å². The Morgan fingerprint density at radius 3 is 2.81 bits per heavy atom. The molecule has 1 aliphatic rings. The summed E-state index contributed by atoms with van der Waals surface area (Å²) in [5, 5.41) is 0.433. The third-order valence-electron chi connectivity index (χ3n) is 4.88. The van der Waals surface area contributed by atoms with E-state index in [2.05, 4.69) is 0 Å². The number of hydrogen-bond donors (Lipinski definition) is 0. The number of nitrogens with zero attached hydrogens (tertiary/aromatic N) is 2.